The second kappa shape index (κ2) is 6.53. The zero-order chi connectivity index (χ0) is 15.5. The molecule has 22 heavy (non-hydrogen) atoms. The zero-order valence-electron chi connectivity index (χ0n) is 13.0. The van der Waals surface area contributed by atoms with Crippen molar-refractivity contribution in [1.82, 2.24) is 9.97 Å². The third-order valence-electron chi connectivity index (χ3n) is 4.01. The molecule has 1 saturated carbocycles. The molecule has 2 aromatic rings. The van der Waals surface area contributed by atoms with Gasteiger partial charge in [0.1, 0.15) is 5.82 Å². The molecule has 0 amide bonds. The highest BCUT2D eigenvalue weighted by atomic mass is 35.5. The van der Waals surface area contributed by atoms with Gasteiger partial charge in [0.15, 0.2) is 0 Å². The minimum Gasteiger partial charge on any atom is -0.367 e. The van der Waals surface area contributed by atoms with Crippen LogP contribution in [0.5, 0.6) is 0 Å². The molecule has 0 spiro atoms. The van der Waals surface area contributed by atoms with Crippen LogP contribution in [0.25, 0.3) is 0 Å². The van der Waals surface area contributed by atoms with Gasteiger partial charge in [0.25, 0.3) is 0 Å². The molecule has 1 aliphatic rings. The molecule has 116 valence electrons. The maximum Gasteiger partial charge on any atom is 0.229 e. The molecular formula is C17H21ClN4. The number of nitrogens with zero attached hydrogens (tertiary/aromatic N) is 2. The SMILES string of the molecule is Cc1cc(NC2CCCC2)nc(Nc2cc(Cl)ccc2C)n1. The average Bonchev–Trinajstić information content (AvgIpc) is 2.95. The quantitative estimate of drug-likeness (QED) is 0.847. The topological polar surface area (TPSA) is 49.8 Å². The standard InChI is InChI=1S/C17H21ClN4/c1-11-7-8-13(18)10-15(11)21-17-19-12(2)9-16(22-17)20-14-5-3-4-6-14/h7-10,14H,3-6H2,1-2H3,(H2,19,20,21,22). The van der Waals surface area contributed by atoms with Gasteiger partial charge in [-0.2, -0.15) is 4.98 Å². The Morgan fingerprint density at radius 2 is 1.86 bits per heavy atom. The molecule has 0 radical (unpaired) electrons. The smallest absolute Gasteiger partial charge is 0.229 e. The number of aromatic nitrogens is 2. The summed E-state index contributed by atoms with van der Waals surface area (Å²) in [6, 6.07) is 8.29. The van der Waals surface area contributed by atoms with Crippen molar-refractivity contribution in [2.24, 2.45) is 0 Å². The summed E-state index contributed by atoms with van der Waals surface area (Å²) in [4.78, 5) is 9.06. The number of nitrogens with one attached hydrogen (secondary N) is 2. The number of rotatable bonds is 4. The van der Waals surface area contributed by atoms with E-state index < -0.39 is 0 Å². The Balaban J connectivity index is 1.81. The van der Waals surface area contributed by atoms with Gasteiger partial charge >= 0.3 is 0 Å². The lowest BCUT2D eigenvalue weighted by atomic mass is 10.2. The first-order valence-corrected chi connectivity index (χ1v) is 8.13. The van der Waals surface area contributed by atoms with Gasteiger partial charge in [-0.15, -0.1) is 0 Å². The summed E-state index contributed by atoms with van der Waals surface area (Å²) >= 11 is 6.07. The number of anilines is 3. The Morgan fingerprint density at radius 1 is 1.09 bits per heavy atom. The van der Waals surface area contributed by atoms with Crippen molar-refractivity contribution in [3.63, 3.8) is 0 Å². The molecule has 2 N–H and O–H groups in total. The fourth-order valence-electron chi connectivity index (χ4n) is 2.83. The van der Waals surface area contributed by atoms with Crippen LogP contribution in [0, 0.1) is 13.8 Å². The van der Waals surface area contributed by atoms with E-state index in [9.17, 15) is 0 Å². The van der Waals surface area contributed by atoms with Gasteiger partial charge < -0.3 is 10.6 Å². The fourth-order valence-corrected chi connectivity index (χ4v) is 3.00. The second-order valence-electron chi connectivity index (χ2n) is 5.93. The molecule has 0 atom stereocenters. The van der Waals surface area contributed by atoms with Crippen LogP contribution in [-0.4, -0.2) is 16.0 Å². The lowest BCUT2D eigenvalue weighted by Gasteiger charge is -2.15. The highest BCUT2D eigenvalue weighted by Crippen LogP contribution is 2.25. The Hall–Kier alpha value is -1.81. The van der Waals surface area contributed by atoms with E-state index in [0.29, 0.717) is 17.0 Å². The number of aryl methyl sites for hydroxylation is 2. The highest BCUT2D eigenvalue weighted by molar-refractivity contribution is 6.30. The monoisotopic (exact) mass is 316 g/mol. The van der Waals surface area contributed by atoms with Crippen molar-refractivity contribution in [3.8, 4) is 0 Å². The minimum absolute atomic E-state index is 0.537. The molecule has 1 heterocycles. The second-order valence-corrected chi connectivity index (χ2v) is 6.36. The third-order valence-corrected chi connectivity index (χ3v) is 4.24. The summed E-state index contributed by atoms with van der Waals surface area (Å²) in [6.07, 6.45) is 5.04. The van der Waals surface area contributed by atoms with E-state index in [1.54, 1.807) is 0 Å². The minimum atomic E-state index is 0.537. The summed E-state index contributed by atoms with van der Waals surface area (Å²) in [5.41, 5.74) is 2.99. The summed E-state index contributed by atoms with van der Waals surface area (Å²) in [7, 11) is 0. The molecule has 1 aliphatic carbocycles. The van der Waals surface area contributed by atoms with Crippen molar-refractivity contribution in [3.05, 3.63) is 40.5 Å². The predicted octanol–water partition coefficient (Wildman–Crippen LogP) is 4.84. The molecule has 5 heteroatoms. The summed E-state index contributed by atoms with van der Waals surface area (Å²) in [6.45, 7) is 4.02. The van der Waals surface area contributed by atoms with Crippen molar-refractivity contribution in [2.75, 3.05) is 10.6 Å². The number of benzene rings is 1. The number of halogens is 1. The van der Waals surface area contributed by atoms with Crippen LogP contribution >= 0.6 is 11.6 Å². The van der Waals surface area contributed by atoms with Gasteiger partial charge in [0.2, 0.25) is 5.95 Å². The first kappa shape index (κ1) is 15.1. The van der Waals surface area contributed by atoms with E-state index in [-0.39, 0.29) is 0 Å². The molecule has 4 nitrogen and oxygen atoms in total. The van der Waals surface area contributed by atoms with E-state index >= 15 is 0 Å². The molecule has 0 bridgehead atoms. The first-order valence-electron chi connectivity index (χ1n) is 7.75. The first-order chi connectivity index (χ1) is 10.6. The van der Waals surface area contributed by atoms with Crippen LogP contribution < -0.4 is 10.6 Å². The Kier molecular flexibility index (Phi) is 4.48. The molecule has 1 fully saturated rings. The Labute approximate surface area is 136 Å². The molecule has 0 saturated heterocycles. The van der Waals surface area contributed by atoms with E-state index in [1.807, 2.05) is 38.1 Å². The summed E-state index contributed by atoms with van der Waals surface area (Å²) in [5, 5.41) is 7.49. The van der Waals surface area contributed by atoms with Crippen LogP contribution in [0.4, 0.5) is 17.5 Å². The molecule has 0 unspecified atom stereocenters. The maximum absolute atomic E-state index is 6.07. The van der Waals surface area contributed by atoms with Crippen molar-refractivity contribution in [1.29, 1.82) is 0 Å². The molecule has 0 aliphatic heterocycles. The van der Waals surface area contributed by atoms with Crippen LogP contribution in [0.1, 0.15) is 36.9 Å². The van der Waals surface area contributed by atoms with Gasteiger partial charge in [-0.25, -0.2) is 4.98 Å². The largest absolute Gasteiger partial charge is 0.367 e. The number of hydrogen-bond acceptors (Lipinski definition) is 4. The van der Waals surface area contributed by atoms with E-state index in [2.05, 4.69) is 20.6 Å². The van der Waals surface area contributed by atoms with Crippen molar-refractivity contribution in [2.45, 2.75) is 45.6 Å². The van der Waals surface area contributed by atoms with Crippen molar-refractivity contribution >= 4 is 29.1 Å². The normalized spacial score (nSPS) is 15.0. The summed E-state index contributed by atoms with van der Waals surface area (Å²) < 4.78 is 0. The average molecular weight is 317 g/mol. The van der Waals surface area contributed by atoms with Gasteiger partial charge in [0.05, 0.1) is 0 Å². The van der Waals surface area contributed by atoms with Crippen molar-refractivity contribution < 1.29 is 0 Å². The Bertz CT molecular complexity index is 666. The van der Waals surface area contributed by atoms with E-state index in [1.165, 1.54) is 25.7 Å². The molecule has 3 rings (SSSR count). The fraction of sp³-hybridized carbons (Fsp3) is 0.412. The van der Waals surface area contributed by atoms with Crippen LogP contribution in [-0.2, 0) is 0 Å². The van der Waals surface area contributed by atoms with E-state index in [0.717, 1.165) is 22.8 Å². The highest BCUT2D eigenvalue weighted by Gasteiger charge is 2.15. The van der Waals surface area contributed by atoms with Gasteiger partial charge in [-0.05, 0) is 44.4 Å². The van der Waals surface area contributed by atoms with Crippen LogP contribution in [0.3, 0.4) is 0 Å². The van der Waals surface area contributed by atoms with Gasteiger partial charge in [-0.1, -0.05) is 30.5 Å². The lowest BCUT2D eigenvalue weighted by Crippen LogP contribution is -2.16. The van der Waals surface area contributed by atoms with E-state index in [4.69, 9.17) is 11.6 Å². The van der Waals surface area contributed by atoms with Crippen LogP contribution in [0.15, 0.2) is 24.3 Å². The predicted molar refractivity (Wildman–Crippen MR) is 92.1 cm³/mol. The van der Waals surface area contributed by atoms with Crippen LogP contribution in [0.2, 0.25) is 5.02 Å². The zero-order valence-corrected chi connectivity index (χ0v) is 13.7. The maximum atomic E-state index is 6.07. The molecular weight excluding hydrogens is 296 g/mol. The molecule has 1 aromatic carbocycles. The third kappa shape index (κ3) is 3.69. The lowest BCUT2D eigenvalue weighted by molar-refractivity contribution is 0.749. The Morgan fingerprint density at radius 3 is 2.64 bits per heavy atom. The van der Waals surface area contributed by atoms with Gasteiger partial charge in [-0.3, -0.25) is 0 Å². The number of hydrogen-bond donors (Lipinski definition) is 2. The summed E-state index contributed by atoms with van der Waals surface area (Å²) in [5.74, 6) is 1.49. The van der Waals surface area contributed by atoms with Gasteiger partial charge in [0, 0.05) is 28.5 Å². The molecule has 1 aromatic heterocycles.